The number of rotatable bonds is 5. The molecule has 0 amide bonds. The molecule has 0 aliphatic heterocycles. The highest BCUT2D eigenvalue weighted by atomic mass is 16.5. The van der Waals surface area contributed by atoms with E-state index in [9.17, 15) is 9.90 Å². The first kappa shape index (κ1) is 13.9. The van der Waals surface area contributed by atoms with Crippen molar-refractivity contribution in [2.45, 2.75) is 26.0 Å². The molecule has 1 unspecified atom stereocenters. The second-order valence-electron chi connectivity index (χ2n) is 3.56. The third-order valence-electron chi connectivity index (χ3n) is 2.52. The summed E-state index contributed by atoms with van der Waals surface area (Å²) in [5, 5.41) is 19.4. The Morgan fingerprint density at radius 1 is 1.72 bits per heavy atom. The van der Waals surface area contributed by atoms with Gasteiger partial charge >= 0.3 is 5.97 Å². The lowest BCUT2D eigenvalue weighted by Crippen LogP contribution is -2.41. The lowest BCUT2D eigenvalue weighted by atomic mass is 9.94. The van der Waals surface area contributed by atoms with E-state index in [0.717, 1.165) is 0 Å². The van der Waals surface area contributed by atoms with Crippen LogP contribution in [0, 0.1) is 11.3 Å². The van der Waals surface area contributed by atoms with E-state index in [0.29, 0.717) is 6.54 Å². The van der Waals surface area contributed by atoms with Gasteiger partial charge in [-0.05, 0) is 13.8 Å². The van der Waals surface area contributed by atoms with Crippen LogP contribution in [-0.4, -0.2) is 27.2 Å². The molecule has 0 radical (unpaired) electrons. The predicted molar refractivity (Wildman–Crippen MR) is 63.2 cm³/mol. The Balaban J connectivity index is 3.34. The third-order valence-corrected chi connectivity index (χ3v) is 2.52. The zero-order valence-corrected chi connectivity index (χ0v) is 10.4. The summed E-state index contributed by atoms with van der Waals surface area (Å²) in [7, 11) is 0. The summed E-state index contributed by atoms with van der Waals surface area (Å²) < 4.78 is 6.35. The molecule has 1 rings (SSSR count). The van der Waals surface area contributed by atoms with Crippen molar-refractivity contribution in [3.8, 4) is 6.07 Å². The van der Waals surface area contributed by atoms with Gasteiger partial charge in [-0.3, -0.25) is 0 Å². The first-order valence-electron chi connectivity index (χ1n) is 5.53. The average Bonchev–Trinajstić information content (AvgIpc) is 2.85. The molecule has 1 aromatic rings. The minimum absolute atomic E-state index is 0.0370. The van der Waals surface area contributed by atoms with E-state index in [4.69, 9.17) is 10.00 Å². The van der Waals surface area contributed by atoms with Crippen molar-refractivity contribution in [2.24, 2.45) is 0 Å². The number of nitriles is 1. The van der Waals surface area contributed by atoms with Gasteiger partial charge in [0, 0.05) is 18.9 Å². The fourth-order valence-corrected chi connectivity index (χ4v) is 1.55. The number of aryl methyl sites for hydroxylation is 1. The van der Waals surface area contributed by atoms with Crippen molar-refractivity contribution in [2.75, 3.05) is 6.61 Å². The molecule has 6 nitrogen and oxygen atoms in total. The molecule has 0 fully saturated rings. The second-order valence-corrected chi connectivity index (χ2v) is 3.56. The second kappa shape index (κ2) is 5.47. The van der Waals surface area contributed by atoms with Crippen LogP contribution in [0.2, 0.25) is 0 Å². The van der Waals surface area contributed by atoms with Crippen molar-refractivity contribution in [3.63, 3.8) is 0 Å². The Kier molecular flexibility index (Phi) is 4.23. The van der Waals surface area contributed by atoms with Gasteiger partial charge in [-0.25, -0.2) is 9.78 Å². The molecule has 1 N–H and O–H groups in total. The quantitative estimate of drug-likeness (QED) is 0.614. The molecule has 1 aromatic heterocycles. The Hall–Kier alpha value is -2.13. The van der Waals surface area contributed by atoms with E-state index < -0.39 is 11.6 Å². The number of esters is 1. The Bertz CT molecular complexity index is 501. The number of hydrogen-bond donors (Lipinski definition) is 1. The topological polar surface area (TPSA) is 88.1 Å². The Morgan fingerprint density at radius 3 is 2.89 bits per heavy atom. The van der Waals surface area contributed by atoms with Crippen LogP contribution in [0.15, 0.2) is 24.5 Å². The van der Waals surface area contributed by atoms with E-state index in [1.807, 2.05) is 6.92 Å². The van der Waals surface area contributed by atoms with Gasteiger partial charge < -0.3 is 14.4 Å². The average molecular weight is 249 g/mol. The fraction of sp³-hybridized carbons (Fsp3) is 0.417. The van der Waals surface area contributed by atoms with Gasteiger partial charge in [0.15, 0.2) is 5.82 Å². The largest absolute Gasteiger partial charge is 0.463 e. The Labute approximate surface area is 105 Å². The minimum atomic E-state index is -2.23. The first-order chi connectivity index (χ1) is 8.52. The van der Waals surface area contributed by atoms with Gasteiger partial charge in [-0.1, -0.05) is 6.58 Å². The van der Waals surface area contributed by atoms with Gasteiger partial charge in [0.05, 0.1) is 18.2 Å². The van der Waals surface area contributed by atoms with Crippen LogP contribution in [0.25, 0.3) is 0 Å². The molecule has 0 saturated carbocycles. The predicted octanol–water partition coefficient (Wildman–Crippen LogP) is 0.733. The minimum Gasteiger partial charge on any atom is -0.463 e. The lowest BCUT2D eigenvalue weighted by Gasteiger charge is -2.24. The maximum Gasteiger partial charge on any atom is 0.351 e. The lowest BCUT2D eigenvalue weighted by molar-refractivity contribution is -0.162. The maximum absolute atomic E-state index is 11.9. The van der Waals surface area contributed by atoms with Crippen LogP contribution >= 0.6 is 0 Å². The van der Waals surface area contributed by atoms with Crippen LogP contribution in [-0.2, 0) is 21.7 Å². The number of aromatic nitrogens is 2. The summed E-state index contributed by atoms with van der Waals surface area (Å²) >= 11 is 0. The highest BCUT2D eigenvalue weighted by Crippen LogP contribution is 2.28. The summed E-state index contributed by atoms with van der Waals surface area (Å²) in [5.41, 5.74) is -2.55. The number of hydrogen-bond acceptors (Lipinski definition) is 5. The van der Waals surface area contributed by atoms with Crippen LogP contribution in [0.3, 0.4) is 0 Å². The smallest absolute Gasteiger partial charge is 0.351 e. The molecule has 0 spiro atoms. The van der Waals surface area contributed by atoms with Gasteiger partial charge in [-0.2, -0.15) is 5.26 Å². The number of ether oxygens (including phenoxy) is 1. The molecule has 1 atom stereocenters. The third kappa shape index (κ3) is 2.13. The van der Waals surface area contributed by atoms with Crippen molar-refractivity contribution in [3.05, 3.63) is 30.4 Å². The number of imidazole rings is 1. The van der Waals surface area contributed by atoms with Crippen LogP contribution in [0.4, 0.5) is 0 Å². The monoisotopic (exact) mass is 249 g/mol. The molecule has 0 aromatic carbocycles. The molecule has 0 saturated heterocycles. The molecule has 0 aliphatic rings. The van der Waals surface area contributed by atoms with E-state index >= 15 is 0 Å². The van der Waals surface area contributed by atoms with E-state index in [1.54, 1.807) is 23.8 Å². The van der Waals surface area contributed by atoms with Crippen LogP contribution in [0.1, 0.15) is 19.7 Å². The number of aliphatic hydroxyl groups is 1. The molecule has 18 heavy (non-hydrogen) atoms. The summed E-state index contributed by atoms with van der Waals surface area (Å²) in [6.07, 6.45) is 3.04. The van der Waals surface area contributed by atoms with E-state index in [1.165, 1.54) is 6.20 Å². The van der Waals surface area contributed by atoms with E-state index in [-0.39, 0.29) is 18.0 Å². The van der Waals surface area contributed by atoms with Crippen LogP contribution in [0.5, 0.6) is 0 Å². The summed E-state index contributed by atoms with van der Waals surface area (Å²) in [6, 6.07) is 1.69. The summed E-state index contributed by atoms with van der Waals surface area (Å²) in [4.78, 5) is 15.8. The van der Waals surface area contributed by atoms with Gasteiger partial charge in [0.25, 0.3) is 5.60 Å². The van der Waals surface area contributed by atoms with E-state index in [2.05, 4.69) is 11.6 Å². The van der Waals surface area contributed by atoms with Crippen LogP contribution < -0.4 is 0 Å². The summed E-state index contributed by atoms with van der Waals surface area (Å²) in [5.74, 6) is -0.910. The van der Waals surface area contributed by atoms with Crippen molar-refractivity contribution in [1.82, 2.24) is 9.55 Å². The SMILES string of the molecule is C=C(C#N)C(O)(C(=O)OCC)c1nccn1CC. The zero-order valence-electron chi connectivity index (χ0n) is 10.4. The molecular weight excluding hydrogens is 234 g/mol. The molecular formula is C12H15N3O3. The van der Waals surface area contributed by atoms with Gasteiger partial charge in [-0.15, -0.1) is 0 Å². The molecule has 1 heterocycles. The zero-order chi connectivity index (χ0) is 13.8. The van der Waals surface area contributed by atoms with Crippen molar-refractivity contribution < 1.29 is 14.6 Å². The standard InChI is InChI=1S/C12H15N3O3/c1-4-15-7-6-14-10(15)12(17,9(3)8-13)11(16)18-5-2/h6-7,17H,3-5H2,1-2H3. The molecule has 0 bridgehead atoms. The Morgan fingerprint density at radius 2 is 2.39 bits per heavy atom. The molecule has 0 aliphatic carbocycles. The fourth-order valence-electron chi connectivity index (χ4n) is 1.55. The molecule has 96 valence electrons. The molecule has 6 heteroatoms. The number of nitrogens with zero attached hydrogens (tertiary/aromatic N) is 3. The maximum atomic E-state index is 11.9. The summed E-state index contributed by atoms with van der Waals surface area (Å²) in [6.45, 7) is 7.44. The van der Waals surface area contributed by atoms with Crippen molar-refractivity contribution in [1.29, 1.82) is 5.26 Å². The highest BCUT2D eigenvalue weighted by molar-refractivity contribution is 5.85. The number of carbonyl (C=O) groups excluding carboxylic acids is 1. The first-order valence-corrected chi connectivity index (χ1v) is 5.53. The van der Waals surface area contributed by atoms with Gasteiger partial charge in [0.2, 0.25) is 0 Å². The normalized spacial score (nSPS) is 13.4. The van der Waals surface area contributed by atoms with Gasteiger partial charge in [0.1, 0.15) is 0 Å². The van der Waals surface area contributed by atoms with Crippen molar-refractivity contribution >= 4 is 5.97 Å². The highest BCUT2D eigenvalue weighted by Gasteiger charge is 2.46. The number of carbonyl (C=O) groups is 1.